The lowest BCUT2D eigenvalue weighted by atomic mass is 10.2. The predicted molar refractivity (Wildman–Crippen MR) is 89.1 cm³/mol. The van der Waals surface area contributed by atoms with Crippen molar-refractivity contribution >= 4 is 17.3 Å². The van der Waals surface area contributed by atoms with Crippen LogP contribution in [-0.4, -0.2) is 36.8 Å². The fourth-order valence-corrected chi connectivity index (χ4v) is 2.75. The van der Waals surface area contributed by atoms with Crippen molar-refractivity contribution in [2.45, 2.75) is 52.1 Å². The minimum atomic E-state index is -4.07. The summed E-state index contributed by atoms with van der Waals surface area (Å²) in [7, 11) is 0. The van der Waals surface area contributed by atoms with Crippen LogP contribution in [0.15, 0.2) is 11.2 Å². The minimum absolute atomic E-state index is 0.116. The Balaban J connectivity index is 2.28. The molecule has 0 unspecified atom stereocenters. The van der Waals surface area contributed by atoms with Crippen LogP contribution >= 0.6 is 11.3 Å². The first kappa shape index (κ1) is 19.7. The van der Waals surface area contributed by atoms with Crippen molar-refractivity contribution in [2.75, 3.05) is 19.6 Å². The van der Waals surface area contributed by atoms with Crippen LogP contribution in [0.2, 0.25) is 0 Å². The highest BCUT2D eigenvalue weighted by molar-refractivity contribution is 7.11. The van der Waals surface area contributed by atoms with Crippen molar-refractivity contribution in [2.24, 2.45) is 4.99 Å². The van der Waals surface area contributed by atoms with E-state index in [9.17, 15) is 13.2 Å². The first-order valence-electron chi connectivity index (χ1n) is 7.97. The molecule has 1 heterocycles. The monoisotopic (exact) mass is 350 g/mol. The normalized spacial score (nSPS) is 12.5. The largest absolute Gasteiger partial charge is 0.389 e. The Morgan fingerprint density at radius 1 is 1.26 bits per heavy atom. The molecular formula is C15H25F3N4S. The molecular weight excluding hydrogens is 325 g/mol. The number of alkyl halides is 3. The number of aliphatic imine (C=N–C) groups is 1. The van der Waals surface area contributed by atoms with Gasteiger partial charge in [-0.15, -0.1) is 11.3 Å². The van der Waals surface area contributed by atoms with Crippen LogP contribution < -0.4 is 10.6 Å². The SMILES string of the molecule is CCNC(=NCCCCC(F)(F)F)NCCc1ncc(CC)s1. The fourth-order valence-electron chi connectivity index (χ4n) is 1.88. The van der Waals surface area contributed by atoms with Gasteiger partial charge in [0, 0.05) is 43.5 Å². The number of rotatable bonds is 9. The van der Waals surface area contributed by atoms with E-state index in [0.29, 0.717) is 32.0 Å². The third kappa shape index (κ3) is 9.43. The Labute approximate surface area is 139 Å². The summed E-state index contributed by atoms with van der Waals surface area (Å²) in [5, 5.41) is 7.36. The van der Waals surface area contributed by atoms with E-state index in [1.807, 2.05) is 13.1 Å². The fraction of sp³-hybridized carbons (Fsp3) is 0.733. The molecule has 4 nitrogen and oxygen atoms in total. The number of guanidine groups is 1. The van der Waals surface area contributed by atoms with Gasteiger partial charge in [0.2, 0.25) is 0 Å². The molecule has 0 aromatic carbocycles. The molecule has 1 aromatic rings. The molecule has 0 aliphatic heterocycles. The average molecular weight is 350 g/mol. The van der Waals surface area contributed by atoms with Crippen LogP contribution in [0.3, 0.4) is 0 Å². The van der Waals surface area contributed by atoms with Crippen LogP contribution in [-0.2, 0) is 12.8 Å². The summed E-state index contributed by atoms with van der Waals surface area (Å²) in [6.07, 6.45) is -0.558. The summed E-state index contributed by atoms with van der Waals surface area (Å²) in [5.74, 6) is 0.645. The van der Waals surface area contributed by atoms with Gasteiger partial charge in [-0.25, -0.2) is 4.98 Å². The average Bonchev–Trinajstić information content (AvgIpc) is 2.93. The van der Waals surface area contributed by atoms with Crippen LogP contribution in [0.25, 0.3) is 0 Å². The van der Waals surface area contributed by atoms with Gasteiger partial charge in [-0.1, -0.05) is 6.92 Å². The molecule has 0 aliphatic carbocycles. The topological polar surface area (TPSA) is 49.3 Å². The number of unbranched alkanes of at least 4 members (excludes halogenated alkanes) is 1. The zero-order valence-corrected chi connectivity index (χ0v) is 14.5. The van der Waals surface area contributed by atoms with Gasteiger partial charge in [-0.3, -0.25) is 4.99 Å². The molecule has 0 fully saturated rings. The lowest BCUT2D eigenvalue weighted by Crippen LogP contribution is -2.38. The van der Waals surface area contributed by atoms with Crippen LogP contribution in [0, 0.1) is 0 Å². The molecule has 0 radical (unpaired) electrons. The standard InChI is InChI=1S/C15H25F3N4S/c1-3-12-11-22-13(23-12)7-10-21-14(19-4-2)20-9-6-5-8-15(16,17)18/h11H,3-10H2,1-2H3,(H2,19,20,21). The van der Waals surface area contributed by atoms with Gasteiger partial charge >= 0.3 is 6.18 Å². The second-order valence-corrected chi connectivity index (χ2v) is 6.28. The van der Waals surface area contributed by atoms with Crippen LogP contribution in [0.4, 0.5) is 13.2 Å². The maximum absolute atomic E-state index is 12.1. The molecule has 1 rings (SSSR count). The third-order valence-electron chi connectivity index (χ3n) is 3.06. The van der Waals surface area contributed by atoms with Crippen molar-refractivity contribution in [1.82, 2.24) is 15.6 Å². The summed E-state index contributed by atoms with van der Waals surface area (Å²) in [4.78, 5) is 9.92. The van der Waals surface area contributed by atoms with E-state index in [4.69, 9.17) is 0 Å². The first-order chi connectivity index (χ1) is 10.9. The van der Waals surface area contributed by atoms with E-state index >= 15 is 0 Å². The van der Waals surface area contributed by atoms with Crippen LogP contribution in [0.1, 0.15) is 43.0 Å². The maximum atomic E-state index is 12.1. The number of hydrogen-bond acceptors (Lipinski definition) is 3. The lowest BCUT2D eigenvalue weighted by molar-refractivity contribution is -0.135. The molecule has 8 heteroatoms. The number of aryl methyl sites for hydroxylation is 1. The van der Waals surface area contributed by atoms with Gasteiger partial charge < -0.3 is 10.6 Å². The Kier molecular flexibility index (Phi) is 8.98. The van der Waals surface area contributed by atoms with E-state index in [1.165, 1.54) is 4.88 Å². The van der Waals surface area contributed by atoms with Crippen molar-refractivity contribution in [1.29, 1.82) is 0 Å². The highest BCUT2D eigenvalue weighted by atomic mass is 32.1. The number of halogens is 3. The Morgan fingerprint density at radius 2 is 2.04 bits per heavy atom. The third-order valence-corrected chi connectivity index (χ3v) is 4.27. The zero-order valence-electron chi connectivity index (χ0n) is 13.7. The highest BCUT2D eigenvalue weighted by Gasteiger charge is 2.25. The quantitative estimate of drug-likeness (QED) is 0.407. The summed E-state index contributed by atoms with van der Waals surface area (Å²) in [6, 6.07) is 0. The molecule has 0 amide bonds. The van der Waals surface area contributed by atoms with Gasteiger partial charge in [-0.05, 0) is 26.2 Å². The molecule has 0 atom stereocenters. The highest BCUT2D eigenvalue weighted by Crippen LogP contribution is 2.22. The second-order valence-electron chi connectivity index (χ2n) is 5.08. The Morgan fingerprint density at radius 3 is 2.65 bits per heavy atom. The number of nitrogens with zero attached hydrogens (tertiary/aromatic N) is 2. The smallest absolute Gasteiger partial charge is 0.357 e. The Hall–Kier alpha value is -1.31. The van der Waals surface area contributed by atoms with Gasteiger partial charge in [0.25, 0.3) is 0 Å². The van der Waals surface area contributed by atoms with Crippen molar-refractivity contribution in [3.8, 4) is 0 Å². The number of nitrogens with one attached hydrogen (secondary N) is 2. The zero-order chi connectivity index (χ0) is 17.1. The molecule has 0 bridgehead atoms. The Bertz CT molecular complexity index is 472. The van der Waals surface area contributed by atoms with Crippen molar-refractivity contribution in [3.63, 3.8) is 0 Å². The summed E-state index contributed by atoms with van der Waals surface area (Å²) < 4.78 is 36.2. The molecule has 0 saturated carbocycles. The number of hydrogen-bond donors (Lipinski definition) is 2. The molecule has 0 spiro atoms. The second kappa shape index (κ2) is 10.5. The van der Waals surface area contributed by atoms with E-state index in [1.54, 1.807) is 11.3 Å². The van der Waals surface area contributed by atoms with Crippen LogP contribution in [0.5, 0.6) is 0 Å². The van der Waals surface area contributed by atoms with Crippen molar-refractivity contribution in [3.05, 3.63) is 16.1 Å². The van der Waals surface area contributed by atoms with Gasteiger partial charge in [0.05, 0.1) is 5.01 Å². The van der Waals surface area contributed by atoms with E-state index < -0.39 is 12.6 Å². The summed E-state index contributed by atoms with van der Waals surface area (Å²) in [6.45, 7) is 5.86. The number of aromatic nitrogens is 1. The van der Waals surface area contributed by atoms with Gasteiger partial charge in [-0.2, -0.15) is 13.2 Å². The summed E-state index contributed by atoms with van der Waals surface area (Å²) >= 11 is 1.71. The van der Waals surface area contributed by atoms with E-state index in [-0.39, 0.29) is 6.42 Å². The predicted octanol–water partition coefficient (Wildman–Crippen LogP) is 3.54. The van der Waals surface area contributed by atoms with Gasteiger partial charge in [0.15, 0.2) is 5.96 Å². The molecule has 1 aromatic heterocycles. The number of thiazole rings is 1. The molecule has 2 N–H and O–H groups in total. The molecule has 0 saturated heterocycles. The first-order valence-corrected chi connectivity index (χ1v) is 8.78. The molecule has 23 heavy (non-hydrogen) atoms. The van der Waals surface area contributed by atoms with E-state index in [2.05, 4.69) is 27.5 Å². The maximum Gasteiger partial charge on any atom is 0.389 e. The summed E-state index contributed by atoms with van der Waals surface area (Å²) in [5.41, 5.74) is 0. The minimum Gasteiger partial charge on any atom is -0.357 e. The lowest BCUT2D eigenvalue weighted by Gasteiger charge is -2.10. The molecule has 132 valence electrons. The molecule has 0 aliphatic rings. The van der Waals surface area contributed by atoms with E-state index in [0.717, 1.165) is 17.8 Å². The van der Waals surface area contributed by atoms with Crippen molar-refractivity contribution < 1.29 is 13.2 Å². The van der Waals surface area contributed by atoms with Gasteiger partial charge in [0.1, 0.15) is 0 Å².